The zero-order valence-corrected chi connectivity index (χ0v) is 18.8. The van der Waals surface area contributed by atoms with E-state index in [0.717, 1.165) is 23.7 Å². The molecule has 162 valence electrons. The Morgan fingerprint density at radius 1 is 1.00 bits per heavy atom. The van der Waals surface area contributed by atoms with Crippen molar-refractivity contribution in [1.82, 2.24) is 9.88 Å². The van der Waals surface area contributed by atoms with E-state index in [4.69, 9.17) is 0 Å². The van der Waals surface area contributed by atoms with Gasteiger partial charge in [-0.1, -0.05) is 45.1 Å². The lowest BCUT2D eigenvalue weighted by molar-refractivity contribution is 0.319. The maximum Gasteiger partial charge on any atom is 0.115 e. The van der Waals surface area contributed by atoms with Crippen molar-refractivity contribution < 1.29 is 5.11 Å². The quantitative estimate of drug-likeness (QED) is 0.544. The fourth-order valence-corrected chi connectivity index (χ4v) is 5.54. The van der Waals surface area contributed by atoms with E-state index in [1.807, 2.05) is 12.1 Å². The second-order valence-corrected chi connectivity index (χ2v) is 9.60. The molecular formula is C27H38N2O. The van der Waals surface area contributed by atoms with Crippen LogP contribution < -0.4 is 5.32 Å². The van der Waals surface area contributed by atoms with Crippen LogP contribution in [-0.4, -0.2) is 15.7 Å². The summed E-state index contributed by atoms with van der Waals surface area (Å²) in [6.45, 7) is 9.88. The maximum atomic E-state index is 9.91. The van der Waals surface area contributed by atoms with Gasteiger partial charge in [0.15, 0.2) is 0 Å². The molecule has 1 aromatic heterocycles. The molecule has 0 bridgehead atoms. The van der Waals surface area contributed by atoms with Gasteiger partial charge in [0.25, 0.3) is 0 Å². The molecular weight excluding hydrogens is 368 g/mol. The summed E-state index contributed by atoms with van der Waals surface area (Å²) < 4.78 is 2.53. The van der Waals surface area contributed by atoms with Crippen molar-refractivity contribution >= 4 is 5.70 Å². The van der Waals surface area contributed by atoms with Crippen molar-refractivity contribution in [3.63, 3.8) is 0 Å². The summed E-state index contributed by atoms with van der Waals surface area (Å²) in [6.07, 6.45) is 13.3. The molecule has 4 rings (SSSR count). The molecule has 30 heavy (non-hydrogen) atoms. The number of nitrogens with one attached hydrogen (secondary N) is 1. The summed E-state index contributed by atoms with van der Waals surface area (Å²) in [4.78, 5) is 0. The van der Waals surface area contributed by atoms with E-state index in [2.05, 4.69) is 42.4 Å². The summed E-state index contributed by atoms with van der Waals surface area (Å²) in [5.41, 5.74) is 7.23. The number of rotatable bonds is 6. The number of phenols is 1. The number of phenolic OH excluding ortho intramolecular Hbond substituents is 1. The lowest BCUT2D eigenvalue weighted by atomic mass is 9.89. The van der Waals surface area contributed by atoms with Crippen molar-refractivity contribution in [3.05, 3.63) is 47.7 Å². The van der Waals surface area contributed by atoms with E-state index >= 15 is 0 Å². The molecule has 3 heteroatoms. The number of hydrogen-bond acceptors (Lipinski definition) is 2. The van der Waals surface area contributed by atoms with Crippen molar-refractivity contribution in [3.8, 4) is 17.0 Å². The average molecular weight is 407 g/mol. The zero-order valence-electron chi connectivity index (χ0n) is 18.8. The fraction of sp³-hybridized carbons (Fsp3) is 0.556. The Labute approximate surface area is 182 Å². The lowest BCUT2D eigenvalue weighted by Gasteiger charge is -2.26. The highest BCUT2D eigenvalue weighted by molar-refractivity contribution is 5.74. The fourth-order valence-electron chi connectivity index (χ4n) is 5.54. The molecule has 2 aliphatic carbocycles. The highest BCUT2D eigenvalue weighted by Crippen LogP contribution is 2.35. The lowest BCUT2D eigenvalue weighted by Crippen LogP contribution is -2.29. The summed E-state index contributed by atoms with van der Waals surface area (Å²) in [5.74, 6) is 1.09. The third kappa shape index (κ3) is 4.61. The molecule has 0 amide bonds. The second kappa shape index (κ2) is 9.32. The van der Waals surface area contributed by atoms with Crippen LogP contribution >= 0.6 is 0 Å². The predicted octanol–water partition coefficient (Wildman–Crippen LogP) is 6.95. The van der Waals surface area contributed by atoms with Gasteiger partial charge in [0.1, 0.15) is 5.75 Å². The van der Waals surface area contributed by atoms with Gasteiger partial charge >= 0.3 is 0 Å². The van der Waals surface area contributed by atoms with Crippen molar-refractivity contribution in [2.75, 3.05) is 0 Å². The number of aromatic hydroxyl groups is 1. The molecule has 2 N–H and O–H groups in total. The van der Waals surface area contributed by atoms with E-state index in [0.29, 0.717) is 11.8 Å². The smallest absolute Gasteiger partial charge is 0.115 e. The van der Waals surface area contributed by atoms with Crippen LogP contribution in [-0.2, 0) is 6.54 Å². The van der Waals surface area contributed by atoms with Gasteiger partial charge in [-0.15, -0.1) is 0 Å². The predicted molar refractivity (Wildman–Crippen MR) is 127 cm³/mol. The van der Waals surface area contributed by atoms with E-state index in [1.165, 1.54) is 86.7 Å². The molecule has 2 aromatic rings. The van der Waals surface area contributed by atoms with Gasteiger partial charge in [-0.25, -0.2) is 0 Å². The van der Waals surface area contributed by atoms with Gasteiger partial charge in [0.05, 0.1) is 0 Å². The van der Waals surface area contributed by atoms with E-state index < -0.39 is 0 Å². The summed E-state index contributed by atoms with van der Waals surface area (Å²) in [5, 5.41) is 13.7. The third-order valence-electron chi connectivity index (χ3n) is 7.33. The number of hydrogen-bond donors (Lipinski definition) is 2. The minimum atomic E-state index is 0.335. The largest absolute Gasteiger partial charge is 0.508 e. The molecule has 0 aliphatic heterocycles. The minimum absolute atomic E-state index is 0.335. The van der Waals surface area contributed by atoms with Crippen molar-refractivity contribution in [1.29, 1.82) is 0 Å². The van der Waals surface area contributed by atoms with Crippen LogP contribution in [0.15, 0.2) is 30.8 Å². The van der Waals surface area contributed by atoms with Crippen LogP contribution in [0.3, 0.4) is 0 Å². The molecule has 2 aliphatic rings. The molecule has 1 aromatic carbocycles. The number of aromatic nitrogens is 1. The SMILES string of the molecule is C=C(NC1CCCCC1)c1cc(-c2ccc(O)cc2C)n(CC2CCCCC2)c1C. The van der Waals surface area contributed by atoms with Gasteiger partial charge in [0, 0.05) is 40.8 Å². The molecule has 2 fully saturated rings. The van der Waals surface area contributed by atoms with Crippen LogP contribution in [0.1, 0.15) is 81.0 Å². The summed E-state index contributed by atoms with van der Waals surface area (Å²) >= 11 is 0. The normalized spacial score (nSPS) is 18.5. The van der Waals surface area contributed by atoms with Crippen LogP contribution in [0.5, 0.6) is 5.75 Å². The molecule has 2 saturated carbocycles. The Morgan fingerprint density at radius 3 is 2.33 bits per heavy atom. The first-order valence-corrected chi connectivity index (χ1v) is 12.0. The molecule has 3 nitrogen and oxygen atoms in total. The highest BCUT2D eigenvalue weighted by atomic mass is 16.3. The van der Waals surface area contributed by atoms with Gasteiger partial charge in [0.2, 0.25) is 0 Å². The number of aryl methyl sites for hydroxylation is 1. The molecule has 0 atom stereocenters. The minimum Gasteiger partial charge on any atom is -0.508 e. The first-order valence-electron chi connectivity index (χ1n) is 12.0. The molecule has 0 radical (unpaired) electrons. The van der Waals surface area contributed by atoms with E-state index in [-0.39, 0.29) is 0 Å². The number of benzene rings is 1. The van der Waals surface area contributed by atoms with Gasteiger partial charge < -0.3 is 15.0 Å². The van der Waals surface area contributed by atoms with Gasteiger partial charge in [-0.05, 0) is 75.3 Å². The molecule has 0 saturated heterocycles. The Bertz CT molecular complexity index is 883. The van der Waals surface area contributed by atoms with E-state index in [1.54, 1.807) is 0 Å². The zero-order chi connectivity index (χ0) is 21.1. The van der Waals surface area contributed by atoms with Crippen LogP contribution in [0.25, 0.3) is 17.0 Å². The highest BCUT2D eigenvalue weighted by Gasteiger charge is 2.22. The standard InChI is InChI=1S/C27H38N2O/c1-19-16-24(30)14-15-25(19)27-17-26(20(2)28-23-12-8-5-9-13-23)21(3)29(27)18-22-10-6-4-7-11-22/h14-17,22-23,28,30H,2,4-13,18H2,1,3H3. The van der Waals surface area contributed by atoms with E-state index in [9.17, 15) is 5.11 Å². The first-order chi connectivity index (χ1) is 14.5. The first kappa shape index (κ1) is 21.1. The topological polar surface area (TPSA) is 37.2 Å². The average Bonchev–Trinajstić information content (AvgIpc) is 3.06. The number of nitrogens with zero attached hydrogens (tertiary/aromatic N) is 1. The monoisotopic (exact) mass is 406 g/mol. The van der Waals surface area contributed by atoms with Gasteiger partial charge in [-0.2, -0.15) is 0 Å². The summed E-state index contributed by atoms with van der Waals surface area (Å²) in [6, 6.07) is 8.64. The molecule has 0 spiro atoms. The van der Waals surface area contributed by atoms with Gasteiger partial charge in [-0.3, -0.25) is 0 Å². The van der Waals surface area contributed by atoms with Crippen molar-refractivity contribution in [2.24, 2.45) is 5.92 Å². The molecule has 0 unspecified atom stereocenters. The maximum absolute atomic E-state index is 9.91. The van der Waals surface area contributed by atoms with Crippen LogP contribution in [0, 0.1) is 19.8 Å². The summed E-state index contributed by atoms with van der Waals surface area (Å²) in [7, 11) is 0. The second-order valence-electron chi connectivity index (χ2n) is 9.60. The van der Waals surface area contributed by atoms with Crippen molar-refractivity contribution in [2.45, 2.75) is 90.6 Å². The van der Waals surface area contributed by atoms with Crippen LogP contribution in [0.4, 0.5) is 0 Å². The Balaban J connectivity index is 1.67. The Hall–Kier alpha value is -2.16. The Kier molecular flexibility index (Phi) is 6.55. The molecule has 1 heterocycles. The Morgan fingerprint density at radius 2 is 1.67 bits per heavy atom. The third-order valence-corrected chi connectivity index (χ3v) is 7.33. The van der Waals surface area contributed by atoms with Crippen LogP contribution in [0.2, 0.25) is 0 Å².